The number of hydrogen-bond donors (Lipinski definition) is 1. The molecule has 0 unspecified atom stereocenters. The number of para-hydroxylation sites is 2. The Balaban J connectivity index is 1.40. The Hall–Kier alpha value is -4.13. The number of aromatic nitrogens is 2. The van der Waals surface area contributed by atoms with Crippen molar-refractivity contribution < 1.29 is 14.3 Å². The molecule has 0 saturated heterocycles. The molecule has 5 rings (SSSR count). The fourth-order valence-electron chi connectivity index (χ4n) is 3.72. The number of carbonyl (C=O) groups excluding carboxylic acids is 1. The fraction of sp³-hybridized carbons (Fsp3) is 0.160. The molecule has 7 nitrogen and oxygen atoms in total. The van der Waals surface area contributed by atoms with Crippen molar-refractivity contribution in [2.24, 2.45) is 0 Å². The van der Waals surface area contributed by atoms with Gasteiger partial charge in [-0.05, 0) is 23.8 Å². The third-order valence-electron chi connectivity index (χ3n) is 5.32. The van der Waals surface area contributed by atoms with Crippen molar-refractivity contribution in [1.82, 2.24) is 15.1 Å². The summed E-state index contributed by atoms with van der Waals surface area (Å²) in [6.07, 6.45) is -0.324. The van der Waals surface area contributed by atoms with Crippen LogP contribution in [0.4, 0.5) is 0 Å². The van der Waals surface area contributed by atoms with E-state index in [9.17, 15) is 9.59 Å². The first-order valence-corrected chi connectivity index (χ1v) is 10.4. The van der Waals surface area contributed by atoms with Gasteiger partial charge in [-0.1, -0.05) is 60.7 Å². The SMILES string of the molecule is O=C(NC[C@@H]1COc2ccccc2O1)c1nn(Cc2ccccc2)c(=O)c2ccccc12. The Bertz CT molecular complexity index is 1330. The number of hydrogen-bond acceptors (Lipinski definition) is 5. The quantitative estimate of drug-likeness (QED) is 0.530. The normalized spacial score (nSPS) is 14.8. The minimum Gasteiger partial charge on any atom is -0.486 e. The first-order valence-electron chi connectivity index (χ1n) is 10.4. The second-order valence-electron chi connectivity index (χ2n) is 7.55. The first-order chi connectivity index (χ1) is 15.7. The topological polar surface area (TPSA) is 82.4 Å². The molecular weight excluding hydrogens is 406 g/mol. The molecule has 1 aliphatic heterocycles. The summed E-state index contributed by atoms with van der Waals surface area (Å²) in [4.78, 5) is 26.0. The molecule has 0 fully saturated rings. The van der Waals surface area contributed by atoms with Crippen LogP contribution in [-0.2, 0) is 6.54 Å². The highest BCUT2D eigenvalue weighted by molar-refractivity contribution is 6.04. The highest BCUT2D eigenvalue weighted by atomic mass is 16.6. The van der Waals surface area contributed by atoms with E-state index in [4.69, 9.17) is 9.47 Å². The van der Waals surface area contributed by atoms with Crippen LogP contribution in [0.5, 0.6) is 11.5 Å². The zero-order chi connectivity index (χ0) is 21.9. The van der Waals surface area contributed by atoms with Crippen LogP contribution in [0.2, 0.25) is 0 Å². The van der Waals surface area contributed by atoms with Gasteiger partial charge in [0.15, 0.2) is 17.2 Å². The Labute approximate surface area is 184 Å². The van der Waals surface area contributed by atoms with Gasteiger partial charge in [-0.2, -0.15) is 5.10 Å². The van der Waals surface area contributed by atoms with Gasteiger partial charge in [0.05, 0.1) is 18.5 Å². The predicted octanol–water partition coefficient (Wildman–Crippen LogP) is 3.01. The van der Waals surface area contributed by atoms with Crippen molar-refractivity contribution in [2.45, 2.75) is 12.6 Å². The number of rotatable bonds is 5. The smallest absolute Gasteiger partial charge is 0.274 e. The molecule has 4 aromatic rings. The molecule has 32 heavy (non-hydrogen) atoms. The molecule has 160 valence electrons. The highest BCUT2D eigenvalue weighted by Crippen LogP contribution is 2.30. The monoisotopic (exact) mass is 427 g/mol. The summed E-state index contributed by atoms with van der Waals surface area (Å²) in [7, 11) is 0. The average Bonchev–Trinajstić information content (AvgIpc) is 2.85. The van der Waals surface area contributed by atoms with Gasteiger partial charge in [0.1, 0.15) is 12.7 Å². The van der Waals surface area contributed by atoms with Gasteiger partial charge < -0.3 is 14.8 Å². The minimum absolute atomic E-state index is 0.202. The molecule has 0 bridgehead atoms. The second kappa shape index (κ2) is 8.55. The maximum absolute atomic E-state index is 13.1. The minimum atomic E-state index is -0.370. The van der Waals surface area contributed by atoms with Gasteiger partial charge in [-0.15, -0.1) is 0 Å². The lowest BCUT2D eigenvalue weighted by Gasteiger charge is -2.26. The molecule has 2 heterocycles. The summed E-state index contributed by atoms with van der Waals surface area (Å²) in [5, 5.41) is 8.27. The lowest BCUT2D eigenvalue weighted by Crippen LogP contribution is -2.41. The summed E-state index contributed by atoms with van der Waals surface area (Å²) >= 11 is 0. The molecule has 0 aliphatic carbocycles. The van der Waals surface area contributed by atoms with Gasteiger partial charge in [0.2, 0.25) is 0 Å². The van der Waals surface area contributed by atoms with E-state index in [0.29, 0.717) is 28.9 Å². The lowest BCUT2D eigenvalue weighted by molar-refractivity contribution is 0.0786. The molecule has 1 aliphatic rings. The van der Waals surface area contributed by atoms with Gasteiger partial charge in [-0.25, -0.2) is 4.68 Å². The van der Waals surface area contributed by atoms with E-state index < -0.39 is 0 Å². The average molecular weight is 427 g/mol. The zero-order valence-corrected chi connectivity index (χ0v) is 17.2. The third kappa shape index (κ3) is 3.92. The molecule has 3 aromatic carbocycles. The number of benzene rings is 3. The van der Waals surface area contributed by atoms with Crippen LogP contribution in [0.25, 0.3) is 10.8 Å². The first kappa shape index (κ1) is 19.8. The molecular formula is C25H21N3O4. The maximum Gasteiger partial charge on any atom is 0.274 e. The number of nitrogens with one attached hydrogen (secondary N) is 1. The van der Waals surface area contributed by atoms with Crippen molar-refractivity contribution in [2.75, 3.05) is 13.2 Å². The lowest BCUT2D eigenvalue weighted by atomic mass is 10.1. The van der Waals surface area contributed by atoms with Crippen molar-refractivity contribution in [3.05, 3.63) is 100 Å². The van der Waals surface area contributed by atoms with Gasteiger partial charge >= 0.3 is 0 Å². The number of nitrogens with zero attached hydrogens (tertiary/aromatic N) is 2. The van der Waals surface area contributed by atoms with E-state index in [1.807, 2.05) is 54.6 Å². The largest absolute Gasteiger partial charge is 0.486 e. The Morgan fingerprint density at radius 2 is 1.62 bits per heavy atom. The van der Waals surface area contributed by atoms with Crippen molar-refractivity contribution in [1.29, 1.82) is 0 Å². The Morgan fingerprint density at radius 1 is 0.938 bits per heavy atom. The van der Waals surface area contributed by atoms with Crippen LogP contribution in [0, 0.1) is 0 Å². The van der Waals surface area contributed by atoms with Gasteiger partial charge in [0, 0.05) is 5.39 Å². The van der Waals surface area contributed by atoms with Gasteiger partial charge in [0.25, 0.3) is 11.5 Å². The van der Waals surface area contributed by atoms with Crippen LogP contribution in [0.1, 0.15) is 16.1 Å². The molecule has 7 heteroatoms. The number of amides is 1. The van der Waals surface area contributed by atoms with Crippen molar-refractivity contribution in [3.8, 4) is 11.5 Å². The summed E-state index contributed by atoms with van der Waals surface area (Å²) in [5.74, 6) is 0.971. The van der Waals surface area contributed by atoms with Crippen LogP contribution in [0.3, 0.4) is 0 Å². The molecule has 0 saturated carbocycles. The number of carbonyl (C=O) groups is 1. The Kier molecular flexibility index (Phi) is 5.29. The predicted molar refractivity (Wildman–Crippen MR) is 120 cm³/mol. The van der Waals surface area contributed by atoms with E-state index >= 15 is 0 Å². The summed E-state index contributed by atoms with van der Waals surface area (Å²) in [6, 6.07) is 24.0. The van der Waals surface area contributed by atoms with E-state index in [-0.39, 0.29) is 36.4 Å². The standard InChI is InChI=1S/C25H21N3O4/c29-24(26-14-18-16-31-21-12-6-7-13-22(21)32-18)23-19-10-4-5-11-20(19)25(30)28(27-23)15-17-8-2-1-3-9-17/h1-13,18H,14-16H2,(H,26,29)/t18-/m1/s1. The zero-order valence-electron chi connectivity index (χ0n) is 17.2. The summed E-state index contributed by atoms with van der Waals surface area (Å²) in [6.45, 7) is 0.862. The van der Waals surface area contributed by atoms with Crippen LogP contribution in [-0.4, -0.2) is 34.9 Å². The number of ether oxygens (including phenoxy) is 2. The van der Waals surface area contributed by atoms with E-state index in [0.717, 1.165) is 5.56 Å². The van der Waals surface area contributed by atoms with E-state index in [1.165, 1.54) is 4.68 Å². The maximum atomic E-state index is 13.1. The van der Waals surface area contributed by atoms with Crippen LogP contribution >= 0.6 is 0 Å². The van der Waals surface area contributed by atoms with Crippen molar-refractivity contribution >= 4 is 16.7 Å². The molecule has 0 radical (unpaired) electrons. The van der Waals surface area contributed by atoms with Crippen LogP contribution in [0.15, 0.2) is 83.7 Å². The molecule has 0 spiro atoms. The van der Waals surface area contributed by atoms with Crippen molar-refractivity contribution in [3.63, 3.8) is 0 Å². The van der Waals surface area contributed by atoms with E-state index in [2.05, 4.69) is 10.4 Å². The molecule has 1 atom stereocenters. The number of fused-ring (bicyclic) bond motifs is 2. The Morgan fingerprint density at radius 3 is 2.44 bits per heavy atom. The molecule has 1 amide bonds. The second-order valence-corrected chi connectivity index (χ2v) is 7.55. The molecule has 1 N–H and O–H groups in total. The highest BCUT2D eigenvalue weighted by Gasteiger charge is 2.23. The fourth-order valence-corrected chi connectivity index (χ4v) is 3.72. The van der Waals surface area contributed by atoms with Crippen LogP contribution < -0.4 is 20.3 Å². The third-order valence-corrected chi connectivity index (χ3v) is 5.32. The van der Waals surface area contributed by atoms with Gasteiger partial charge in [-0.3, -0.25) is 9.59 Å². The summed E-state index contributed by atoms with van der Waals surface area (Å²) in [5.41, 5.74) is 0.894. The molecule has 1 aromatic heterocycles. The summed E-state index contributed by atoms with van der Waals surface area (Å²) < 4.78 is 13.0. The van der Waals surface area contributed by atoms with E-state index in [1.54, 1.807) is 24.3 Å².